The Morgan fingerprint density at radius 2 is 1.56 bits per heavy atom. The molecule has 0 amide bonds. The molecule has 0 aliphatic carbocycles. The van der Waals surface area contributed by atoms with Crippen molar-refractivity contribution in [1.82, 2.24) is 0 Å². The Kier molecular flexibility index (Phi) is 6.54. The van der Waals surface area contributed by atoms with E-state index in [2.05, 4.69) is 0 Å². The van der Waals surface area contributed by atoms with Gasteiger partial charge < -0.3 is 15.0 Å². The molecule has 8 nitrogen and oxygen atoms in total. The maximum absolute atomic E-state index is 11.1. The zero-order valence-electron chi connectivity index (χ0n) is 9.70. The van der Waals surface area contributed by atoms with E-state index in [1.807, 2.05) is 0 Å². The van der Waals surface area contributed by atoms with Crippen molar-refractivity contribution in [3.63, 3.8) is 0 Å². The van der Waals surface area contributed by atoms with E-state index >= 15 is 0 Å². The zero-order valence-corrected chi connectivity index (χ0v) is 9.70. The molecule has 0 radical (unpaired) electrons. The van der Waals surface area contributed by atoms with Gasteiger partial charge in [0, 0.05) is 30.6 Å². The Hall–Kier alpha value is -1.99. The zero-order chi connectivity index (χ0) is 14.2. The van der Waals surface area contributed by atoms with E-state index in [0.717, 1.165) is 0 Å². The Labute approximate surface area is 103 Å². The summed E-state index contributed by atoms with van der Waals surface area (Å²) >= 11 is 0. The summed E-state index contributed by atoms with van der Waals surface area (Å²) in [7, 11) is 0. The lowest BCUT2D eigenvalue weighted by Crippen LogP contribution is -2.39. The number of carbonyl (C=O) groups is 3. The molecular weight excluding hydrogens is 246 g/mol. The Morgan fingerprint density at radius 1 is 1.11 bits per heavy atom. The number of carboxylic acids is 2. The molecule has 0 aliphatic heterocycles. The van der Waals surface area contributed by atoms with Crippen LogP contribution in [0.3, 0.4) is 0 Å². The van der Waals surface area contributed by atoms with E-state index in [9.17, 15) is 24.5 Å². The predicted molar refractivity (Wildman–Crippen MR) is 58.8 cm³/mol. The van der Waals surface area contributed by atoms with Gasteiger partial charge in [-0.05, 0) is 0 Å². The average Bonchev–Trinajstić information content (AvgIpc) is 2.27. The van der Waals surface area contributed by atoms with Crippen LogP contribution in [-0.4, -0.2) is 38.9 Å². The number of hydrogen-bond donors (Lipinski definition) is 2. The van der Waals surface area contributed by atoms with Crippen LogP contribution >= 0.6 is 0 Å². The molecule has 0 atom stereocenters. The first-order chi connectivity index (χ1) is 8.34. The van der Waals surface area contributed by atoms with Crippen LogP contribution in [0.15, 0.2) is 0 Å². The molecule has 0 rings (SSSR count). The van der Waals surface area contributed by atoms with Gasteiger partial charge in [-0.25, -0.2) is 0 Å². The van der Waals surface area contributed by atoms with Crippen molar-refractivity contribution in [2.75, 3.05) is 0 Å². The predicted octanol–water partition coefficient (Wildman–Crippen LogP) is 0.711. The van der Waals surface area contributed by atoms with Gasteiger partial charge in [0.15, 0.2) is 0 Å². The molecular formula is C10H15NO7. The second kappa shape index (κ2) is 7.36. The normalized spacial score (nSPS) is 10.9. The molecule has 0 saturated heterocycles. The van der Waals surface area contributed by atoms with Gasteiger partial charge in [-0.15, -0.1) is 0 Å². The first kappa shape index (κ1) is 16.0. The van der Waals surface area contributed by atoms with Crippen LogP contribution in [0.2, 0.25) is 0 Å². The lowest BCUT2D eigenvalue weighted by molar-refractivity contribution is -0.573. The molecule has 0 heterocycles. The third-order valence-corrected chi connectivity index (χ3v) is 2.72. The van der Waals surface area contributed by atoms with Crippen molar-refractivity contribution in [3.8, 4) is 0 Å². The molecule has 0 aromatic carbocycles. The van der Waals surface area contributed by atoms with Gasteiger partial charge in [-0.2, -0.15) is 0 Å². The Morgan fingerprint density at radius 3 is 1.83 bits per heavy atom. The fraction of sp³-hybridized carbons (Fsp3) is 0.700. The number of aldehydes is 1. The topological polar surface area (TPSA) is 135 Å². The SMILES string of the molecule is O=CCCC(CCC(=O)O)(CCC(=O)O)[N+](=O)[O-]. The smallest absolute Gasteiger partial charge is 0.303 e. The molecule has 102 valence electrons. The molecule has 0 bridgehead atoms. The maximum atomic E-state index is 11.1. The summed E-state index contributed by atoms with van der Waals surface area (Å²) in [5.41, 5.74) is -1.66. The van der Waals surface area contributed by atoms with Gasteiger partial charge in [0.25, 0.3) is 0 Å². The number of hydrogen-bond acceptors (Lipinski definition) is 5. The van der Waals surface area contributed by atoms with E-state index in [1.165, 1.54) is 0 Å². The third kappa shape index (κ3) is 5.37. The molecule has 0 unspecified atom stereocenters. The van der Waals surface area contributed by atoms with Gasteiger partial charge in [-0.3, -0.25) is 19.7 Å². The highest BCUT2D eigenvalue weighted by molar-refractivity contribution is 5.67. The summed E-state index contributed by atoms with van der Waals surface area (Å²) < 4.78 is 0. The molecule has 0 saturated carbocycles. The molecule has 0 aliphatic rings. The van der Waals surface area contributed by atoms with Crippen LogP contribution in [0.4, 0.5) is 0 Å². The highest BCUT2D eigenvalue weighted by Gasteiger charge is 2.42. The molecule has 2 N–H and O–H groups in total. The lowest BCUT2D eigenvalue weighted by Gasteiger charge is -2.23. The van der Waals surface area contributed by atoms with Crippen molar-refractivity contribution in [2.45, 2.75) is 44.1 Å². The van der Waals surface area contributed by atoms with Crippen LogP contribution in [0.1, 0.15) is 38.5 Å². The average molecular weight is 261 g/mol. The highest BCUT2D eigenvalue weighted by Crippen LogP contribution is 2.28. The lowest BCUT2D eigenvalue weighted by atomic mass is 9.84. The molecule has 0 aromatic rings. The maximum Gasteiger partial charge on any atom is 0.303 e. The van der Waals surface area contributed by atoms with E-state index in [0.29, 0.717) is 6.29 Å². The number of aliphatic carboxylic acids is 2. The van der Waals surface area contributed by atoms with Gasteiger partial charge in [0.05, 0.1) is 12.8 Å². The van der Waals surface area contributed by atoms with E-state index in [-0.39, 0.29) is 25.7 Å². The van der Waals surface area contributed by atoms with Crippen molar-refractivity contribution in [3.05, 3.63) is 10.1 Å². The van der Waals surface area contributed by atoms with Crippen molar-refractivity contribution in [1.29, 1.82) is 0 Å². The van der Waals surface area contributed by atoms with Crippen molar-refractivity contribution >= 4 is 18.2 Å². The standard InChI is InChI=1S/C10H15NO7/c12-7-1-4-10(11(17)18,5-2-8(13)14)6-3-9(15)16/h7H,1-6H2,(H,13,14)(H,15,16). The molecule has 0 aromatic heterocycles. The van der Waals surface area contributed by atoms with E-state index < -0.39 is 35.2 Å². The third-order valence-electron chi connectivity index (χ3n) is 2.72. The summed E-state index contributed by atoms with van der Waals surface area (Å²) in [4.78, 5) is 41.6. The van der Waals surface area contributed by atoms with Gasteiger partial charge in [-0.1, -0.05) is 0 Å². The van der Waals surface area contributed by atoms with Crippen molar-refractivity contribution < 1.29 is 29.5 Å². The molecule has 18 heavy (non-hydrogen) atoms. The van der Waals surface area contributed by atoms with Crippen LogP contribution in [0.5, 0.6) is 0 Å². The summed E-state index contributed by atoms with van der Waals surface area (Å²) in [6.07, 6.45) is -1.17. The Balaban J connectivity index is 4.87. The fourth-order valence-corrected chi connectivity index (χ4v) is 1.66. The van der Waals surface area contributed by atoms with E-state index in [1.54, 1.807) is 0 Å². The summed E-state index contributed by atoms with van der Waals surface area (Å²) in [5, 5.41) is 28.2. The second-order valence-electron chi connectivity index (χ2n) is 3.97. The minimum atomic E-state index is -1.66. The largest absolute Gasteiger partial charge is 0.481 e. The number of rotatable bonds is 10. The first-order valence-electron chi connectivity index (χ1n) is 5.36. The number of nitrogens with zero attached hydrogens (tertiary/aromatic N) is 1. The monoisotopic (exact) mass is 261 g/mol. The summed E-state index contributed by atoms with van der Waals surface area (Å²) in [5.74, 6) is -2.38. The van der Waals surface area contributed by atoms with Gasteiger partial charge >= 0.3 is 11.9 Å². The van der Waals surface area contributed by atoms with E-state index in [4.69, 9.17) is 10.2 Å². The fourth-order valence-electron chi connectivity index (χ4n) is 1.66. The summed E-state index contributed by atoms with van der Waals surface area (Å²) in [6, 6.07) is 0. The molecule has 8 heteroatoms. The second-order valence-corrected chi connectivity index (χ2v) is 3.97. The van der Waals surface area contributed by atoms with Crippen LogP contribution in [-0.2, 0) is 14.4 Å². The minimum Gasteiger partial charge on any atom is -0.481 e. The van der Waals surface area contributed by atoms with Crippen LogP contribution in [0, 0.1) is 10.1 Å². The first-order valence-corrected chi connectivity index (χ1v) is 5.36. The van der Waals surface area contributed by atoms with Crippen LogP contribution in [0.25, 0.3) is 0 Å². The molecule has 0 spiro atoms. The number of carbonyl (C=O) groups excluding carboxylic acids is 1. The molecule has 0 fully saturated rings. The van der Waals surface area contributed by atoms with Crippen LogP contribution < -0.4 is 0 Å². The summed E-state index contributed by atoms with van der Waals surface area (Å²) in [6.45, 7) is 0. The van der Waals surface area contributed by atoms with Gasteiger partial charge in [0.2, 0.25) is 5.54 Å². The number of carboxylic acid groups (broad SMARTS) is 2. The van der Waals surface area contributed by atoms with Gasteiger partial charge in [0.1, 0.15) is 6.29 Å². The quantitative estimate of drug-likeness (QED) is 0.336. The minimum absolute atomic E-state index is 0.0970. The highest BCUT2D eigenvalue weighted by atomic mass is 16.6. The Bertz CT molecular complexity index is 321. The number of nitro groups is 1. The van der Waals surface area contributed by atoms with Crippen molar-refractivity contribution in [2.24, 2.45) is 0 Å².